The summed E-state index contributed by atoms with van der Waals surface area (Å²) in [6.45, 7) is 4.36. The summed E-state index contributed by atoms with van der Waals surface area (Å²) >= 11 is 0. The molecule has 2 aliphatic rings. The SMILES string of the molecule is CC(CCN1Cc2cc(C#CC#CC3CN(CCCO)C3)cn2C1=O)(C(=O)NO)S(C)(=O)=O. The number of aromatic nitrogens is 1. The Labute approximate surface area is 193 Å². The minimum atomic E-state index is -3.83. The van der Waals surface area contributed by atoms with E-state index in [-0.39, 0.29) is 38.1 Å². The van der Waals surface area contributed by atoms with Gasteiger partial charge in [-0.05, 0) is 37.7 Å². The molecule has 0 spiro atoms. The normalized spacial score (nSPS) is 17.8. The second-order valence-corrected chi connectivity index (χ2v) is 11.0. The Kier molecular flexibility index (Phi) is 7.50. The number of hydrogen-bond donors (Lipinski definition) is 3. The lowest BCUT2D eigenvalue weighted by atomic mass is 10.0. The zero-order valence-corrected chi connectivity index (χ0v) is 19.5. The number of carbonyl (C=O) groups excluding carboxylic acids is 2. The van der Waals surface area contributed by atoms with Crippen molar-refractivity contribution in [3.8, 4) is 23.7 Å². The minimum Gasteiger partial charge on any atom is -0.396 e. The van der Waals surface area contributed by atoms with Crippen LogP contribution in [0.3, 0.4) is 0 Å². The van der Waals surface area contributed by atoms with Gasteiger partial charge in [-0.2, -0.15) is 0 Å². The summed E-state index contributed by atoms with van der Waals surface area (Å²) in [5, 5.41) is 17.7. The molecule has 1 saturated heterocycles. The van der Waals surface area contributed by atoms with Gasteiger partial charge in [0, 0.05) is 62.4 Å². The summed E-state index contributed by atoms with van der Waals surface area (Å²) in [7, 11) is -3.83. The van der Waals surface area contributed by atoms with E-state index in [0.717, 1.165) is 32.3 Å². The van der Waals surface area contributed by atoms with Crippen LogP contribution in [0.15, 0.2) is 12.3 Å². The summed E-state index contributed by atoms with van der Waals surface area (Å²) in [6.07, 6.45) is 3.15. The molecule has 11 heteroatoms. The second kappa shape index (κ2) is 9.98. The Balaban J connectivity index is 1.56. The number of likely N-dealkylation sites (tertiary alicyclic amines) is 1. The number of hydroxylamine groups is 1. The van der Waals surface area contributed by atoms with E-state index in [0.29, 0.717) is 11.3 Å². The van der Waals surface area contributed by atoms with E-state index in [1.54, 1.807) is 12.3 Å². The minimum absolute atomic E-state index is 0.0285. The molecule has 33 heavy (non-hydrogen) atoms. The fourth-order valence-corrected chi connectivity index (χ4v) is 4.62. The molecule has 178 valence electrons. The van der Waals surface area contributed by atoms with E-state index < -0.39 is 20.5 Å². The molecule has 0 radical (unpaired) electrons. The number of amides is 2. The van der Waals surface area contributed by atoms with Crippen molar-refractivity contribution in [2.24, 2.45) is 5.92 Å². The molecule has 3 rings (SSSR count). The summed E-state index contributed by atoms with van der Waals surface area (Å²) in [6, 6.07) is 1.45. The van der Waals surface area contributed by atoms with Gasteiger partial charge >= 0.3 is 6.03 Å². The van der Waals surface area contributed by atoms with Crippen molar-refractivity contribution < 1.29 is 28.3 Å². The molecule has 0 saturated carbocycles. The largest absolute Gasteiger partial charge is 0.396 e. The van der Waals surface area contributed by atoms with Crippen LogP contribution in [0.5, 0.6) is 0 Å². The molecular formula is C22H28N4O6S. The Bertz CT molecular complexity index is 1150. The van der Waals surface area contributed by atoms with Gasteiger partial charge in [-0.15, -0.1) is 0 Å². The molecule has 2 amide bonds. The van der Waals surface area contributed by atoms with Crippen molar-refractivity contribution in [2.45, 2.75) is 31.1 Å². The van der Waals surface area contributed by atoms with Crippen molar-refractivity contribution in [3.63, 3.8) is 0 Å². The highest BCUT2D eigenvalue weighted by molar-refractivity contribution is 7.92. The Hall–Kier alpha value is -2.83. The van der Waals surface area contributed by atoms with Crippen molar-refractivity contribution >= 4 is 21.8 Å². The van der Waals surface area contributed by atoms with Crippen LogP contribution in [0.2, 0.25) is 0 Å². The molecule has 0 aromatic carbocycles. The summed E-state index contributed by atoms with van der Waals surface area (Å²) in [5.74, 6) is 11.0. The maximum Gasteiger partial charge on any atom is 0.328 e. The molecule has 1 atom stereocenters. The topological polar surface area (TPSA) is 132 Å². The predicted octanol–water partition coefficient (Wildman–Crippen LogP) is -0.360. The van der Waals surface area contributed by atoms with E-state index in [9.17, 15) is 18.0 Å². The molecule has 10 nitrogen and oxygen atoms in total. The third-order valence-corrected chi connectivity index (χ3v) is 8.15. The molecule has 1 fully saturated rings. The number of carbonyl (C=O) groups is 2. The highest BCUT2D eigenvalue weighted by Crippen LogP contribution is 2.25. The third kappa shape index (κ3) is 5.40. The predicted molar refractivity (Wildman–Crippen MR) is 120 cm³/mol. The van der Waals surface area contributed by atoms with E-state index in [2.05, 4.69) is 28.6 Å². The highest BCUT2D eigenvalue weighted by atomic mass is 32.2. The number of aliphatic hydroxyl groups excluding tert-OH is 1. The highest BCUT2D eigenvalue weighted by Gasteiger charge is 2.44. The molecule has 2 aliphatic heterocycles. The zero-order chi connectivity index (χ0) is 24.2. The number of rotatable bonds is 8. The van der Waals surface area contributed by atoms with Crippen molar-refractivity contribution in [2.75, 3.05) is 39.0 Å². The van der Waals surface area contributed by atoms with Crippen LogP contribution in [-0.2, 0) is 21.2 Å². The Morgan fingerprint density at radius 1 is 1.30 bits per heavy atom. The number of nitrogens with one attached hydrogen (secondary N) is 1. The van der Waals surface area contributed by atoms with Gasteiger partial charge in [-0.1, -0.05) is 11.8 Å². The van der Waals surface area contributed by atoms with Gasteiger partial charge in [-0.3, -0.25) is 14.6 Å². The fourth-order valence-electron chi connectivity index (χ4n) is 3.78. The number of nitrogens with zero attached hydrogens (tertiary/aromatic N) is 3. The van der Waals surface area contributed by atoms with Crippen molar-refractivity contribution in [1.82, 2.24) is 19.8 Å². The van der Waals surface area contributed by atoms with Gasteiger partial charge in [0.2, 0.25) is 0 Å². The van der Waals surface area contributed by atoms with Crippen LogP contribution in [0.4, 0.5) is 4.79 Å². The first-order chi connectivity index (χ1) is 15.6. The first kappa shape index (κ1) is 24.8. The lowest BCUT2D eigenvalue weighted by Gasteiger charge is -2.36. The average molecular weight is 477 g/mol. The number of sulfone groups is 1. The molecule has 0 bridgehead atoms. The quantitative estimate of drug-likeness (QED) is 0.265. The third-order valence-electron chi connectivity index (χ3n) is 6.12. The van der Waals surface area contributed by atoms with E-state index in [1.807, 2.05) is 0 Å². The summed E-state index contributed by atoms with van der Waals surface area (Å²) < 4.78 is 23.8. The van der Waals surface area contributed by atoms with Crippen molar-refractivity contribution in [3.05, 3.63) is 23.5 Å². The summed E-state index contributed by atoms with van der Waals surface area (Å²) in [5.41, 5.74) is 2.77. The molecule has 1 aromatic rings. The first-order valence-electron chi connectivity index (χ1n) is 10.6. The van der Waals surface area contributed by atoms with Gasteiger partial charge in [0.15, 0.2) is 14.6 Å². The molecule has 1 aromatic heterocycles. The first-order valence-corrected chi connectivity index (χ1v) is 12.5. The maximum absolute atomic E-state index is 12.7. The van der Waals surface area contributed by atoms with Gasteiger partial charge < -0.3 is 14.9 Å². The van der Waals surface area contributed by atoms with Crippen LogP contribution in [0.1, 0.15) is 31.0 Å². The molecular weight excluding hydrogens is 448 g/mol. The Morgan fingerprint density at radius 3 is 2.64 bits per heavy atom. The number of fused-ring (bicyclic) bond motifs is 1. The van der Waals surface area contributed by atoms with Gasteiger partial charge in [0.05, 0.1) is 6.54 Å². The lowest BCUT2D eigenvalue weighted by Crippen LogP contribution is -2.50. The van der Waals surface area contributed by atoms with Crippen LogP contribution in [0, 0.1) is 29.6 Å². The summed E-state index contributed by atoms with van der Waals surface area (Å²) in [4.78, 5) is 28.3. The van der Waals surface area contributed by atoms with E-state index in [4.69, 9.17) is 10.3 Å². The smallest absolute Gasteiger partial charge is 0.328 e. The fraction of sp³-hybridized carbons (Fsp3) is 0.545. The standard InChI is InChI=1S/C22H28N4O6S/c1-22(20(28)23-30,33(2,31)32)8-10-25-16-19-12-17(15-26(19)21(25)29)6-3-4-7-18-13-24(14-18)9-5-11-27/h12,15,18,27,30H,5,8-11,13-14,16H2,1-2H3,(H,23,28). The molecule has 3 N–H and O–H groups in total. The number of aliphatic hydroxyl groups is 1. The average Bonchev–Trinajstić information content (AvgIpc) is 3.26. The van der Waals surface area contributed by atoms with Gasteiger partial charge in [0.1, 0.15) is 0 Å². The van der Waals surface area contributed by atoms with E-state index in [1.165, 1.54) is 21.9 Å². The second-order valence-electron chi connectivity index (χ2n) is 8.54. The van der Waals surface area contributed by atoms with Crippen LogP contribution < -0.4 is 5.48 Å². The maximum atomic E-state index is 12.7. The van der Waals surface area contributed by atoms with Gasteiger partial charge in [0.25, 0.3) is 5.91 Å². The van der Waals surface area contributed by atoms with Crippen LogP contribution in [0.25, 0.3) is 0 Å². The zero-order valence-electron chi connectivity index (χ0n) is 18.7. The molecule has 0 aliphatic carbocycles. The van der Waals surface area contributed by atoms with Crippen LogP contribution in [-0.4, -0.2) is 88.8 Å². The lowest BCUT2D eigenvalue weighted by molar-refractivity contribution is -0.131. The number of hydrogen-bond acceptors (Lipinski definition) is 7. The van der Waals surface area contributed by atoms with Crippen LogP contribution >= 0.6 is 0 Å². The van der Waals surface area contributed by atoms with Crippen molar-refractivity contribution in [1.29, 1.82) is 0 Å². The van der Waals surface area contributed by atoms with E-state index >= 15 is 0 Å². The molecule has 3 heterocycles. The Morgan fingerprint density at radius 2 is 2.03 bits per heavy atom. The van der Waals surface area contributed by atoms with Gasteiger partial charge in [-0.25, -0.2) is 18.7 Å². The molecule has 1 unspecified atom stereocenters. The monoisotopic (exact) mass is 476 g/mol.